The summed E-state index contributed by atoms with van der Waals surface area (Å²) in [5, 5.41) is 20.5. The van der Waals surface area contributed by atoms with Gasteiger partial charge in [-0.2, -0.15) is 0 Å². The Labute approximate surface area is 167 Å². The smallest absolute Gasteiger partial charge is 0.204 e. The molecule has 9 nitrogen and oxygen atoms in total. The molecule has 2 aromatic carbocycles. The van der Waals surface area contributed by atoms with Crippen LogP contribution >= 0.6 is 0 Å². The summed E-state index contributed by atoms with van der Waals surface area (Å²) in [6.07, 6.45) is -2.16. The Morgan fingerprint density at radius 3 is 2.03 bits per heavy atom. The first-order chi connectivity index (χ1) is 13.9. The largest absolute Gasteiger partial charge is 0.507 e. The van der Waals surface area contributed by atoms with Crippen LogP contribution in [0.4, 0.5) is 0 Å². The van der Waals surface area contributed by atoms with Crippen molar-refractivity contribution in [3.05, 3.63) is 29.3 Å². The molecular formula is C20H22O9. The fourth-order valence-corrected chi connectivity index (χ4v) is 3.36. The summed E-state index contributed by atoms with van der Waals surface area (Å²) in [4.78, 5) is 13.2. The van der Waals surface area contributed by atoms with Gasteiger partial charge in [0.2, 0.25) is 11.5 Å². The first-order valence-electron chi connectivity index (χ1n) is 8.58. The molecule has 1 heterocycles. The van der Waals surface area contributed by atoms with Crippen molar-refractivity contribution in [3.63, 3.8) is 0 Å². The van der Waals surface area contributed by atoms with Crippen molar-refractivity contribution < 1.29 is 43.4 Å². The maximum absolute atomic E-state index is 13.2. The molecule has 0 aliphatic carbocycles. The number of ether oxygens (including phenoxy) is 6. The third-order valence-electron chi connectivity index (χ3n) is 4.72. The number of carbonyl (C=O) groups excluding carboxylic acids is 1. The Balaban J connectivity index is 2.20. The van der Waals surface area contributed by atoms with Crippen LogP contribution in [0, 0.1) is 0 Å². The van der Waals surface area contributed by atoms with Crippen LogP contribution in [-0.4, -0.2) is 57.6 Å². The highest BCUT2D eigenvalue weighted by Gasteiger charge is 2.43. The summed E-state index contributed by atoms with van der Waals surface area (Å²) >= 11 is 0. The molecule has 1 aliphatic heterocycles. The van der Waals surface area contributed by atoms with Crippen LogP contribution in [0.25, 0.3) is 0 Å². The van der Waals surface area contributed by atoms with Crippen LogP contribution in [0.2, 0.25) is 0 Å². The zero-order valence-corrected chi connectivity index (χ0v) is 16.6. The second kappa shape index (κ2) is 7.96. The van der Waals surface area contributed by atoms with Gasteiger partial charge in [0.1, 0.15) is 17.1 Å². The quantitative estimate of drug-likeness (QED) is 0.699. The van der Waals surface area contributed by atoms with E-state index in [0.717, 1.165) is 0 Å². The lowest BCUT2D eigenvalue weighted by atomic mass is 9.91. The van der Waals surface area contributed by atoms with Gasteiger partial charge in [-0.05, 0) is 6.07 Å². The van der Waals surface area contributed by atoms with E-state index in [4.69, 9.17) is 28.4 Å². The maximum Gasteiger partial charge on any atom is 0.204 e. The van der Waals surface area contributed by atoms with Crippen LogP contribution in [0.5, 0.6) is 40.2 Å². The van der Waals surface area contributed by atoms with Crippen molar-refractivity contribution in [2.75, 3.05) is 35.5 Å². The maximum atomic E-state index is 13.2. The van der Waals surface area contributed by atoms with E-state index in [9.17, 15) is 15.0 Å². The van der Waals surface area contributed by atoms with Gasteiger partial charge in [-0.15, -0.1) is 0 Å². The molecule has 3 rings (SSSR count). The number of benzene rings is 2. The molecule has 2 N–H and O–H groups in total. The lowest BCUT2D eigenvalue weighted by Crippen LogP contribution is -2.38. The van der Waals surface area contributed by atoms with Crippen LogP contribution < -0.4 is 23.7 Å². The monoisotopic (exact) mass is 406 g/mol. The van der Waals surface area contributed by atoms with E-state index >= 15 is 0 Å². The second-order valence-corrected chi connectivity index (χ2v) is 6.16. The van der Waals surface area contributed by atoms with Crippen molar-refractivity contribution in [1.82, 2.24) is 0 Å². The third-order valence-corrected chi connectivity index (χ3v) is 4.72. The molecule has 29 heavy (non-hydrogen) atoms. The van der Waals surface area contributed by atoms with Gasteiger partial charge in [-0.1, -0.05) is 0 Å². The molecule has 9 heteroatoms. The predicted molar refractivity (Wildman–Crippen MR) is 101 cm³/mol. The molecule has 2 aromatic rings. The number of phenolic OH excluding ortho intramolecular Hbond substituents is 2. The third kappa shape index (κ3) is 3.23. The van der Waals surface area contributed by atoms with Gasteiger partial charge in [0.05, 0.1) is 28.4 Å². The molecule has 0 spiro atoms. The number of Topliss-reactive ketones (excluding diaryl/α,β-unsaturated/α-hetero) is 1. The summed E-state index contributed by atoms with van der Waals surface area (Å²) in [6, 6.07) is 3.99. The number of ketones is 1. The standard InChI is InChI=1S/C20H22O9/c1-24-12-7-10(21)9(6-11(12)22)17-20(28-5)16(23)15-13(29-17)8-14(25-2)18(26-3)19(15)27-4/h6-8,17,20-22H,1-5H3/t17-,20+/m1/s1. The number of hydrogen-bond donors (Lipinski definition) is 2. The number of fused-ring (bicyclic) bond motifs is 1. The predicted octanol–water partition coefficient (Wildman–Crippen LogP) is 2.46. The molecule has 0 aromatic heterocycles. The molecule has 0 bridgehead atoms. The zero-order valence-electron chi connectivity index (χ0n) is 16.6. The van der Waals surface area contributed by atoms with Gasteiger partial charge in [0.15, 0.2) is 35.2 Å². The Morgan fingerprint density at radius 2 is 1.48 bits per heavy atom. The average Bonchev–Trinajstić information content (AvgIpc) is 2.73. The van der Waals surface area contributed by atoms with Gasteiger partial charge in [-0.25, -0.2) is 0 Å². The number of phenols is 2. The van der Waals surface area contributed by atoms with E-state index in [1.807, 2.05) is 0 Å². The number of carbonyl (C=O) groups is 1. The Morgan fingerprint density at radius 1 is 0.828 bits per heavy atom. The molecule has 1 aliphatic rings. The first kappa shape index (κ1) is 20.4. The second-order valence-electron chi connectivity index (χ2n) is 6.16. The van der Waals surface area contributed by atoms with Crippen LogP contribution in [-0.2, 0) is 4.74 Å². The molecule has 0 saturated carbocycles. The summed E-state index contributed by atoms with van der Waals surface area (Å²) in [7, 11) is 6.96. The Bertz CT molecular complexity index is 938. The van der Waals surface area contributed by atoms with Gasteiger partial charge >= 0.3 is 0 Å². The summed E-state index contributed by atoms with van der Waals surface area (Å²) in [6.45, 7) is 0. The van der Waals surface area contributed by atoms with Gasteiger partial charge in [0, 0.05) is 24.8 Å². The van der Waals surface area contributed by atoms with Crippen molar-refractivity contribution in [2.24, 2.45) is 0 Å². The molecule has 0 unspecified atom stereocenters. The topological polar surface area (TPSA) is 113 Å². The molecule has 0 fully saturated rings. The number of aromatic hydroxyl groups is 2. The number of rotatable bonds is 6. The fourth-order valence-electron chi connectivity index (χ4n) is 3.36. The van der Waals surface area contributed by atoms with Crippen molar-refractivity contribution in [2.45, 2.75) is 12.2 Å². The van der Waals surface area contributed by atoms with E-state index in [1.54, 1.807) is 0 Å². The van der Waals surface area contributed by atoms with Crippen molar-refractivity contribution >= 4 is 5.78 Å². The molecule has 0 amide bonds. The SMILES string of the molecule is COc1cc(O)c([C@H]2Oc3cc(OC)c(OC)c(OC)c3C(=O)[C@@H]2OC)cc1O. The van der Waals surface area contributed by atoms with E-state index < -0.39 is 18.0 Å². The van der Waals surface area contributed by atoms with Crippen LogP contribution in [0.1, 0.15) is 22.0 Å². The first-order valence-corrected chi connectivity index (χ1v) is 8.58. The highest BCUT2D eigenvalue weighted by atomic mass is 16.6. The molecule has 2 atom stereocenters. The molecule has 0 saturated heterocycles. The van der Waals surface area contributed by atoms with E-state index in [1.165, 1.54) is 53.7 Å². The number of methoxy groups -OCH3 is 5. The fraction of sp³-hybridized carbons (Fsp3) is 0.350. The van der Waals surface area contributed by atoms with Gasteiger partial charge in [0.25, 0.3) is 0 Å². The lowest BCUT2D eigenvalue weighted by Gasteiger charge is -2.33. The summed E-state index contributed by atoms with van der Waals surface area (Å²) in [5.41, 5.74) is 0.286. The lowest BCUT2D eigenvalue weighted by molar-refractivity contribution is -0.00199. The minimum atomic E-state index is -1.12. The van der Waals surface area contributed by atoms with E-state index in [-0.39, 0.29) is 45.6 Å². The van der Waals surface area contributed by atoms with Gasteiger partial charge in [-0.3, -0.25) is 4.79 Å². The highest BCUT2D eigenvalue weighted by molar-refractivity contribution is 6.07. The average molecular weight is 406 g/mol. The van der Waals surface area contributed by atoms with E-state index in [2.05, 4.69) is 0 Å². The van der Waals surface area contributed by atoms with Crippen LogP contribution in [0.3, 0.4) is 0 Å². The Kier molecular flexibility index (Phi) is 5.60. The number of hydrogen-bond acceptors (Lipinski definition) is 9. The highest BCUT2D eigenvalue weighted by Crippen LogP contribution is 2.51. The zero-order chi connectivity index (χ0) is 21.3. The summed E-state index contributed by atoms with van der Waals surface area (Å²) in [5.74, 6) is 0.0438. The molecular weight excluding hydrogens is 384 g/mol. The van der Waals surface area contributed by atoms with Crippen molar-refractivity contribution in [1.29, 1.82) is 0 Å². The minimum absolute atomic E-state index is 0.0795. The van der Waals surface area contributed by atoms with E-state index in [0.29, 0.717) is 5.75 Å². The van der Waals surface area contributed by atoms with Crippen LogP contribution in [0.15, 0.2) is 18.2 Å². The summed E-state index contributed by atoms with van der Waals surface area (Å²) < 4.78 is 32.4. The molecule has 156 valence electrons. The van der Waals surface area contributed by atoms with Gasteiger partial charge < -0.3 is 38.6 Å². The molecule has 0 radical (unpaired) electrons. The Hall–Kier alpha value is -3.33. The normalized spacial score (nSPS) is 17.9. The minimum Gasteiger partial charge on any atom is -0.507 e. The van der Waals surface area contributed by atoms with Crippen molar-refractivity contribution in [3.8, 4) is 40.2 Å².